The number of aromatic hydroxyl groups is 1. The first-order chi connectivity index (χ1) is 24.8. The van der Waals surface area contributed by atoms with Gasteiger partial charge in [0, 0.05) is 60.8 Å². The average molecular weight is 696 g/mol. The third kappa shape index (κ3) is 5.33. The number of phenols is 1. The Hall–Kier alpha value is -4.37. The van der Waals surface area contributed by atoms with Gasteiger partial charge in [-0.15, -0.1) is 6.42 Å². The lowest BCUT2D eigenvalue weighted by Gasteiger charge is -2.47. The maximum Gasteiger partial charge on any atom is 0.319 e. The number of benzene rings is 3. The Kier molecular flexibility index (Phi) is 7.91. The van der Waals surface area contributed by atoms with Crippen LogP contribution in [-0.2, 0) is 4.74 Å². The molecule has 8 nitrogen and oxygen atoms in total. The van der Waals surface area contributed by atoms with Gasteiger partial charge in [-0.1, -0.05) is 18.1 Å². The number of anilines is 1. The molecule has 0 radical (unpaired) electrons. The topological polar surface area (TPSA) is 83.0 Å². The Labute approximate surface area is 294 Å². The van der Waals surface area contributed by atoms with Crippen LogP contribution in [0.4, 0.5) is 19.0 Å². The predicted octanol–water partition coefficient (Wildman–Crippen LogP) is 6.62. The van der Waals surface area contributed by atoms with E-state index in [0.717, 1.165) is 63.9 Å². The van der Waals surface area contributed by atoms with Crippen LogP contribution in [0.3, 0.4) is 0 Å². The molecule has 5 saturated heterocycles. The van der Waals surface area contributed by atoms with E-state index in [-0.39, 0.29) is 57.7 Å². The van der Waals surface area contributed by atoms with Crippen LogP contribution >= 0.6 is 0 Å². The van der Waals surface area contributed by atoms with Crippen LogP contribution < -0.4 is 15.0 Å². The quantitative estimate of drug-likeness (QED) is 0.218. The van der Waals surface area contributed by atoms with Crippen molar-refractivity contribution < 1.29 is 27.8 Å². The standard InChI is InChI=1S/C40H40F3N5O3/c1-2-29-33(42)7-4-25-16-28(49)17-32(34(25)29)30-5-6-31-36(35(30)43)44-38(51-23-39-11-3-13-48(39)20-24(18-39)19-41)45-37(31)47-21-27-8-12-40(22-47,46-27)26-9-14-50-15-10-26/h1,4-7,16-17,19,26-27,46,49H,3,8-15,18,20-23H2/b24-19-/t27-,39-,40+/m0/s1. The zero-order valence-electron chi connectivity index (χ0n) is 28.4. The van der Waals surface area contributed by atoms with Gasteiger partial charge < -0.3 is 24.8 Å². The van der Waals surface area contributed by atoms with Gasteiger partial charge in [0.2, 0.25) is 0 Å². The molecule has 3 aromatic carbocycles. The number of rotatable bonds is 6. The van der Waals surface area contributed by atoms with E-state index in [2.05, 4.69) is 21.0 Å². The normalized spacial score (nSPS) is 27.5. The Morgan fingerprint density at radius 2 is 1.96 bits per heavy atom. The van der Waals surface area contributed by atoms with Crippen LogP contribution in [0.1, 0.15) is 50.5 Å². The maximum absolute atomic E-state index is 17.2. The fourth-order valence-electron chi connectivity index (χ4n) is 9.85. The van der Waals surface area contributed by atoms with Crippen molar-refractivity contribution in [1.29, 1.82) is 0 Å². The fraction of sp³-hybridized carbons (Fsp3) is 0.450. The number of hydrogen-bond acceptors (Lipinski definition) is 8. The van der Waals surface area contributed by atoms with Gasteiger partial charge in [0.1, 0.15) is 29.5 Å². The zero-order chi connectivity index (χ0) is 34.9. The van der Waals surface area contributed by atoms with Crippen molar-refractivity contribution in [2.45, 2.75) is 62.1 Å². The highest BCUT2D eigenvalue weighted by molar-refractivity contribution is 6.04. The minimum Gasteiger partial charge on any atom is -0.508 e. The Morgan fingerprint density at radius 3 is 2.78 bits per heavy atom. The van der Waals surface area contributed by atoms with Gasteiger partial charge in [-0.25, -0.2) is 13.2 Å². The third-order valence-electron chi connectivity index (χ3n) is 12.2. The molecule has 0 saturated carbocycles. The summed E-state index contributed by atoms with van der Waals surface area (Å²) < 4.78 is 58.0. The molecule has 11 heteroatoms. The second-order valence-electron chi connectivity index (χ2n) is 15.1. The summed E-state index contributed by atoms with van der Waals surface area (Å²) in [6.07, 6.45) is 12.9. The SMILES string of the molecule is C#Cc1c(F)ccc2cc(O)cc(-c3ccc4c(N5C[C@@H]6CC[C@](C7CCOCC7)(C5)N6)nc(OC[C@@]56CCCN5C/C(=C\F)C6)nc4c3F)c12. The highest BCUT2D eigenvalue weighted by atomic mass is 19.1. The first kappa shape index (κ1) is 32.5. The van der Waals surface area contributed by atoms with Gasteiger partial charge in [0.25, 0.3) is 0 Å². The number of ether oxygens (including phenoxy) is 2. The van der Waals surface area contributed by atoms with E-state index >= 15 is 4.39 Å². The summed E-state index contributed by atoms with van der Waals surface area (Å²) in [4.78, 5) is 14.2. The molecular formula is C40H40F3N5O3. The van der Waals surface area contributed by atoms with Crippen molar-refractivity contribution in [2.75, 3.05) is 50.9 Å². The number of aromatic nitrogens is 2. The predicted molar refractivity (Wildman–Crippen MR) is 189 cm³/mol. The number of terminal acetylenes is 1. The molecule has 2 bridgehead atoms. The van der Waals surface area contributed by atoms with Crippen molar-refractivity contribution in [2.24, 2.45) is 5.92 Å². The molecule has 0 aliphatic carbocycles. The van der Waals surface area contributed by atoms with Gasteiger partial charge >= 0.3 is 6.01 Å². The summed E-state index contributed by atoms with van der Waals surface area (Å²) in [5, 5.41) is 16.0. The maximum atomic E-state index is 17.2. The Balaban J connectivity index is 1.18. The van der Waals surface area contributed by atoms with Crippen molar-refractivity contribution in [3.05, 3.63) is 65.5 Å². The van der Waals surface area contributed by atoms with E-state index in [4.69, 9.17) is 25.9 Å². The Bertz CT molecular complexity index is 2130. The molecule has 5 aliphatic rings. The van der Waals surface area contributed by atoms with Crippen molar-refractivity contribution in [3.63, 3.8) is 0 Å². The van der Waals surface area contributed by atoms with E-state index in [9.17, 15) is 13.9 Å². The van der Waals surface area contributed by atoms with Crippen LogP contribution in [0.5, 0.6) is 11.8 Å². The van der Waals surface area contributed by atoms with Crippen LogP contribution in [0, 0.1) is 29.9 Å². The molecule has 4 aromatic rings. The molecule has 2 N–H and O–H groups in total. The minimum absolute atomic E-state index is 0.0114. The second kappa shape index (κ2) is 12.4. The number of nitrogens with one attached hydrogen (secondary N) is 1. The smallest absolute Gasteiger partial charge is 0.319 e. The lowest BCUT2D eigenvalue weighted by Crippen LogP contribution is -2.63. The first-order valence-corrected chi connectivity index (χ1v) is 18.0. The molecule has 51 heavy (non-hydrogen) atoms. The van der Waals surface area contributed by atoms with E-state index in [1.54, 1.807) is 12.1 Å². The number of piperazine rings is 1. The van der Waals surface area contributed by atoms with Gasteiger partial charge in [0.05, 0.1) is 17.4 Å². The lowest BCUT2D eigenvalue weighted by atomic mass is 9.77. The molecule has 3 atom stereocenters. The van der Waals surface area contributed by atoms with Gasteiger partial charge in [0.15, 0.2) is 5.82 Å². The summed E-state index contributed by atoms with van der Waals surface area (Å²) >= 11 is 0. The molecule has 264 valence electrons. The van der Waals surface area contributed by atoms with Crippen LogP contribution in [0.15, 0.2) is 48.3 Å². The first-order valence-electron chi connectivity index (χ1n) is 18.0. The van der Waals surface area contributed by atoms with Crippen LogP contribution in [0.2, 0.25) is 0 Å². The van der Waals surface area contributed by atoms with E-state index in [1.807, 2.05) is 0 Å². The zero-order valence-corrected chi connectivity index (χ0v) is 28.4. The van der Waals surface area contributed by atoms with Crippen molar-refractivity contribution in [1.82, 2.24) is 20.2 Å². The summed E-state index contributed by atoms with van der Waals surface area (Å²) in [5.41, 5.74) is 0.693. The molecule has 9 rings (SSSR count). The summed E-state index contributed by atoms with van der Waals surface area (Å²) in [7, 11) is 0. The molecule has 1 aromatic heterocycles. The molecule has 5 fully saturated rings. The largest absolute Gasteiger partial charge is 0.508 e. The van der Waals surface area contributed by atoms with Crippen LogP contribution in [0.25, 0.3) is 32.8 Å². The molecule has 6 heterocycles. The number of hydrogen-bond donors (Lipinski definition) is 2. The van der Waals surface area contributed by atoms with E-state index < -0.39 is 11.6 Å². The minimum atomic E-state index is -0.651. The van der Waals surface area contributed by atoms with Crippen molar-refractivity contribution in [3.8, 4) is 35.2 Å². The second-order valence-corrected chi connectivity index (χ2v) is 15.1. The summed E-state index contributed by atoms with van der Waals surface area (Å²) in [6, 6.07) is 9.39. The number of halogens is 3. The lowest BCUT2D eigenvalue weighted by molar-refractivity contribution is 0.0308. The molecule has 5 aliphatic heterocycles. The number of fused-ring (bicyclic) bond motifs is 5. The Morgan fingerprint density at radius 1 is 1.10 bits per heavy atom. The molecular weight excluding hydrogens is 655 g/mol. The third-order valence-corrected chi connectivity index (χ3v) is 12.2. The fourth-order valence-corrected chi connectivity index (χ4v) is 9.85. The molecule has 0 spiro atoms. The highest BCUT2D eigenvalue weighted by Gasteiger charge is 2.50. The van der Waals surface area contributed by atoms with Crippen molar-refractivity contribution >= 4 is 27.5 Å². The monoisotopic (exact) mass is 695 g/mol. The van der Waals surface area contributed by atoms with Gasteiger partial charge in [-0.2, -0.15) is 9.97 Å². The molecule has 0 amide bonds. The van der Waals surface area contributed by atoms with E-state index in [0.29, 0.717) is 60.3 Å². The van der Waals surface area contributed by atoms with Gasteiger partial charge in [-0.05, 0) is 98.2 Å². The highest BCUT2D eigenvalue weighted by Crippen LogP contribution is 2.45. The number of phenolic OH excluding ortho intramolecular Hbond substituents is 1. The van der Waals surface area contributed by atoms with Gasteiger partial charge in [-0.3, -0.25) is 4.90 Å². The summed E-state index contributed by atoms with van der Waals surface area (Å²) in [5.74, 6) is 2.10. The molecule has 0 unspecified atom stereocenters. The summed E-state index contributed by atoms with van der Waals surface area (Å²) in [6.45, 7) is 4.56. The van der Waals surface area contributed by atoms with E-state index in [1.165, 1.54) is 24.3 Å². The number of nitrogens with zero attached hydrogens (tertiary/aromatic N) is 4. The van der Waals surface area contributed by atoms with Crippen LogP contribution in [-0.4, -0.2) is 83.1 Å². The average Bonchev–Trinajstić information content (AvgIpc) is 3.81.